The number of hydrogen-bond donors (Lipinski definition) is 1. The normalized spacial score (nSPS) is 11.8. The fourth-order valence-electron chi connectivity index (χ4n) is 2.15. The first kappa shape index (κ1) is 17.4. The summed E-state index contributed by atoms with van der Waals surface area (Å²) >= 11 is 7.19. The Hall–Kier alpha value is -2.44. The lowest BCUT2D eigenvalue weighted by Gasteiger charge is -2.16. The van der Waals surface area contributed by atoms with Gasteiger partial charge in [-0.2, -0.15) is 0 Å². The maximum absolute atomic E-state index is 12.4. The highest BCUT2D eigenvalue weighted by molar-refractivity contribution is 7.18. The molecule has 7 heteroatoms. The molecule has 0 fully saturated rings. The van der Waals surface area contributed by atoms with Crippen molar-refractivity contribution in [1.82, 2.24) is 10.2 Å². The van der Waals surface area contributed by atoms with Crippen LogP contribution in [-0.2, 0) is 4.79 Å². The number of ether oxygens (including phenoxy) is 1. The van der Waals surface area contributed by atoms with Gasteiger partial charge in [-0.25, -0.2) is 0 Å². The van der Waals surface area contributed by atoms with E-state index < -0.39 is 6.10 Å². The van der Waals surface area contributed by atoms with Gasteiger partial charge in [0.1, 0.15) is 10.8 Å². The largest absolute Gasteiger partial charge is 0.481 e. The van der Waals surface area contributed by atoms with Gasteiger partial charge < -0.3 is 4.74 Å². The lowest BCUT2D eigenvalue weighted by Crippen LogP contribution is -2.32. The van der Waals surface area contributed by atoms with Gasteiger partial charge >= 0.3 is 0 Å². The van der Waals surface area contributed by atoms with E-state index in [4.69, 9.17) is 16.3 Å². The zero-order valence-electron chi connectivity index (χ0n) is 13.5. The number of hydrogen-bond acceptors (Lipinski definition) is 5. The predicted molar refractivity (Wildman–Crippen MR) is 100 cm³/mol. The van der Waals surface area contributed by atoms with E-state index in [1.807, 2.05) is 49.4 Å². The number of anilines is 1. The molecule has 0 unspecified atom stereocenters. The summed E-state index contributed by atoms with van der Waals surface area (Å²) in [6.45, 7) is 1.90. The molecule has 1 heterocycles. The Labute approximate surface area is 154 Å². The van der Waals surface area contributed by atoms with Crippen molar-refractivity contribution in [3.63, 3.8) is 0 Å². The van der Waals surface area contributed by atoms with Crippen LogP contribution >= 0.6 is 22.9 Å². The minimum atomic E-state index is -0.592. The number of carbonyl (C=O) groups is 1. The van der Waals surface area contributed by atoms with Gasteiger partial charge in [-0.15, -0.1) is 10.2 Å². The Morgan fingerprint density at radius 1 is 1.16 bits per heavy atom. The molecule has 25 heavy (non-hydrogen) atoms. The fourth-order valence-corrected chi connectivity index (χ4v) is 3.03. The number of nitrogens with one attached hydrogen (secondary N) is 1. The Balaban J connectivity index is 1.67. The molecule has 0 spiro atoms. The third kappa shape index (κ3) is 4.55. The summed E-state index contributed by atoms with van der Waals surface area (Å²) in [6, 6.07) is 16.6. The highest BCUT2D eigenvalue weighted by Crippen LogP contribution is 2.27. The zero-order valence-corrected chi connectivity index (χ0v) is 15.1. The van der Waals surface area contributed by atoms with Gasteiger partial charge in [-0.1, -0.05) is 60.2 Å². The third-order valence-corrected chi connectivity index (χ3v) is 4.57. The van der Waals surface area contributed by atoms with Crippen LogP contribution in [0.15, 0.2) is 54.6 Å². The lowest BCUT2D eigenvalue weighted by molar-refractivity contribution is -0.122. The molecule has 0 saturated carbocycles. The second-order valence-corrected chi connectivity index (χ2v) is 6.65. The van der Waals surface area contributed by atoms with Crippen LogP contribution in [-0.4, -0.2) is 22.2 Å². The molecule has 1 atom stereocenters. The molecule has 3 rings (SSSR count). The highest BCUT2D eigenvalue weighted by Gasteiger charge is 2.20. The lowest BCUT2D eigenvalue weighted by atomic mass is 10.2. The molecule has 2 aromatic carbocycles. The summed E-state index contributed by atoms with van der Waals surface area (Å²) in [5, 5.41) is 12.7. The summed E-state index contributed by atoms with van der Waals surface area (Å²) in [4.78, 5) is 12.4. The molecule has 0 aliphatic carbocycles. The quantitative estimate of drug-likeness (QED) is 0.682. The molecule has 0 radical (unpaired) electrons. The fraction of sp³-hybridized carbons (Fsp3) is 0.167. The minimum Gasteiger partial charge on any atom is -0.481 e. The van der Waals surface area contributed by atoms with E-state index in [0.29, 0.717) is 27.3 Å². The van der Waals surface area contributed by atoms with Gasteiger partial charge in [0.25, 0.3) is 5.91 Å². The first-order valence-electron chi connectivity index (χ1n) is 7.77. The van der Waals surface area contributed by atoms with Crippen LogP contribution in [0.2, 0.25) is 5.02 Å². The number of amides is 1. The van der Waals surface area contributed by atoms with Gasteiger partial charge in [0.2, 0.25) is 5.13 Å². The van der Waals surface area contributed by atoms with Crippen molar-refractivity contribution in [2.45, 2.75) is 19.4 Å². The van der Waals surface area contributed by atoms with E-state index in [1.54, 1.807) is 12.1 Å². The van der Waals surface area contributed by atoms with Crippen LogP contribution in [0.3, 0.4) is 0 Å². The maximum Gasteiger partial charge on any atom is 0.267 e. The second-order valence-electron chi connectivity index (χ2n) is 5.24. The van der Waals surface area contributed by atoms with E-state index in [-0.39, 0.29) is 5.91 Å². The summed E-state index contributed by atoms with van der Waals surface area (Å²) < 4.78 is 5.73. The number of halogens is 1. The maximum atomic E-state index is 12.4. The zero-order chi connectivity index (χ0) is 17.6. The molecule has 0 bridgehead atoms. The second kappa shape index (κ2) is 8.09. The Kier molecular flexibility index (Phi) is 5.63. The predicted octanol–water partition coefficient (Wildman–Crippen LogP) is 4.65. The van der Waals surface area contributed by atoms with Gasteiger partial charge in [0, 0.05) is 10.6 Å². The van der Waals surface area contributed by atoms with E-state index in [2.05, 4.69) is 15.5 Å². The van der Waals surface area contributed by atoms with Gasteiger partial charge in [0.05, 0.1) is 0 Å². The number of nitrogens with zero attached hydrogens (tertiary/aromatic N) is 2. The number of benzene rings is 2. The number of carbonyl (C=O) groups excluding carboxylic acids is 1. The van der Waals surface area contributed by atoms with Crippen molar-refractivity contribution >= 4 is 34.0 Å². The van der Waals surface area contributed by atoms with Crippen molar-refractivity contribution in [2.75, 3.05) is 5.32 Å². The first-order chi connectivity index (χ1) is 12.2. The summed E-state index contributed by atoms with van der Waals surface area (Å²) in [6.07, 6.45) is -0.0471. The van der Waals surface area contributed by atoms with Crippen LogP contribution in [0.5, 0.6) is 5.75 Å². The van der Waals surface area contributed by atoms with Crippen LogP contribution in [0.4, 0.5) is 5.13 Å². The summed E-state index contributed by atoms with van der Waals surface area (Å²) in [5.74, 6) is 0.411. The van der Waals surface area contributed by atoms with Crippen LogP contribution in [0.1, 0.15) is 13.3 Å². The Bertz CT molecular complexity index is 837. The Morgan fingerprint density at radius 3 is 2.56 bits per heavy atom. The topological polar surface area (TPSA) is 64.1 Å². The molecule has 0 aliphatic heterocycles. The summed E-state index contributed by atoms with van der Waals surface area (Å²) in [5.41, 5.74) is 0.898. The van der Waals surface area contributed by atoms with E-state index in [0.717, 1.165) is 5.56 Å². The van der Waals surface area contributed by atoms with Crippen molar-refractivity contribution in [2.24, 2.45) is 0 Å². The van der Waals surface area contributed by atoms with Crippen LogP contribution in [0.25, 0.3) is 10.6 Å². The molecule has 1 N–H and O–H groups in total. The molecular weight excluding hydrogens is 358 g/mol. The molecule has 0 saturated heterocycles. The number of aromatic nitrogens is 2. The first-order valence-corrected chi connectivity index (χ1v) is 8.97. The molecule has 128 valence electrons. The molecule has 3 aromatic rings. The smallest absolute Gasteiger partial charge is 0.267 e. The third-order valence-electron chi connectivity index (χ3n) is 3.43. The number of para-hydroxylation sites is 1. The van der Waals surface area contributed by atoms with Crippen molar-refractivity contribution in [3.05, 3.63) is 59.6 Å². The van der Waals surface area contributed by atoms with Crippen LogP contribution in [0, 0.1) is 0 Å². The Morgan fingerprint density at radius 2 is 1.88 bits per heavy atom. The van der Waals surface area contributed by atoms with E-state index in [9.17, 15) is 4.79 Å². The van der Waals surface area contributed by atoms with E-state index >= 15 is 0 Å². The van der Waals surface area contributed by atoms with Crippen molar-refractivity contribution in [3.8, 4) is 16.3 Å². The molecule has 0 aliphatic rings. The minimum absolute atomic E-state index is 0.245. The average molecular weight is 374 g/mol. The SMILES string of the molecule is CC[C@@H](Oc1ccccc1)C(=O)Nc1nnc(-c2ccc(Cl)cc2)s1. The van der Waals surface area contributed by atoms with Gasteiger partial charge in [-0.3, -0.25) is 10.1 Å². The standard InChI is InChI=1S/C18H16ClN3O2S/c1-2-15(24-14-6-4-3-5-7-14)16(23)20-18-22-21-17(25-18)12-8-10-13(19)11-9-12/h3-11,15H,2H2,1H3,(H,20,22,23)/t15-/m1/s1. The van der Waals surface area contributed by atoms with Crippen LogP contribution < -0.4 is 10.1 Å². The van der Waals surface area contributed by atoms with Gasteiger partial charge in [-0.05, 0) is 30.7 Å². The number of rotatable bonds is 6. The average Bonchev–Trinajstić information content (AvgIpc) is 3.09. The van der Waals surface area contributed by atoms with Crippen molar-refractivity contribution < 1.29 is 9.53 Å². The molecular formula is C18H16ClN3O2S. The van der Waals surface area contributed by atoms with E-state index in [1.165, 1.54) is 11.3 Å². The monoisotopic (exact) mass is 373 g/mol. The molecule has 1 aromatic heterocycles. The van der Waals surface area contributed by atoms with Gasteiger partial charge in [0.15, 0.2) is 6.10 Å². The molecule has 1 amide bonds. The highest BCUT2D eigenvalue weighted by atomic mass is 35.5. The molecule has 5 nitrogen and oxygen atoms in total. The van der Waals surface area contributed by atoms with Crippen molar-refractivity contribution in [1.29, 1.82) is 0 Å². The summed E-state index contributed by atoms with van der Waals surface area (Å²) in [7, 11) is 0.